The fraction of sp³-hybridized carbons (Fsp3) is 0.0667. The molecule has 0 atom stereocenters. The highest BCUT2D eigenvalue weighted by Gasteiger charge is 2.35. The van der Waals surface area contributed by atoms with Gasteiger partial charge in [0.2, 0.25) is 0 Å². The van der Waals surface area contributed by atoms with Gasteiger partial charge in [0.25, 0.3) is 0 Å². The molecule has 0 spiro atoms. The minimum Gasteiger partial charge on any atom is -0.455 e. The molecular weight excluding hydrogens is 585 g/mol. The van der Waals surface area contributed by atoms with E-state index in [2.05, 4.69) is 153 Å². The van der Waals surface area contributed by atoms with Gasteiger partial charge in [-0.15, -0.1) is 0 Å². The molecule has 7 aromatic carbocycles. The highest BCUT2D eigenvalue weighted by Crippen LogP contribution is 2.50. The lowest BCUT2D eigenvalue weighted by atomic mass is 9.82. The average molecular weight is 615 g/mol. The first-order chi connectivity index (χ1) is 23.6. The van der Waals surface area contributed by atoms with Crippen molar-refractivity contribution in [1.29, 1.82) is 0 Å². The standard InChI is InChI=1S/C45H30N2O/c1-45(2)38-21-10-8-16-30(38)31-24-23-28(25-39(31)45)41-34-18-9-11-22-40(34)46-44(47-41)35-20-12-19-33-37-26-36(27-13-4-3-5-14-27)29-15-6-7-17-32(29)43(37)48-42(33)35/h3-26H,1-2H3. The Labute approximate surface area is 278 Å². The molecule has 0 saturated carbocycles. The molecule has 1 aliphatic carbocycles. The summed E-state index contributed by atoms with van der Waals surface area (Å²) in [5, 5.41) is 5.44. The van der Waals surface area contributed by atoms with Gasteiger partial charge in [0.15, 0.2) is 5.82 Å². The molecule has 2 aromatic heterocycles. The van der Waals surface area contributed by atoms with Crippen LogP contribution >= 0.6 is 0 Å². The Hall–Kier alpha value is -6.06. The number of aromatic nitrogens is 2. The molecule has 1 aliphatic rings. The van der Waals surface area contributed by atoms with Gasteiger partial charge in [0, 0.05) is 32.5 Å². The zero-order chi connectivity index (χ0) is 32.0. The van der Waals surface area contributed by atoms with Crippen molar-refractivity contribution in [2.24, 2.45) is 0 Å². The van der Waals surface area contributed by atoms with Crippen molar-refractivity contribution in [2.75, 3.05) is 0 Å². The molecule has 0 aliphatic heterocycles. The third-order valence-electron chi connectivity index (χ3n) is 10.3. The predicted molar refractivity (Wildman–Crippen MR) is 198 cm³/mol. The molecule has 48 heavy (non-hydrogen) atoms. The Morgan fingerprint density at radius 1 is 0.438 bits per heavy atom. The maximum Gasteiger partial charge on any atom is 0.164 e. The van der Waals surface area contributed by atoms with Crippen LogP contribution in [0.15, 0.2) is 150 Å². The van der Waals surface area contributed by atoms with E-state index in [1.807, 2.05) is 6.07 Å². The van der Waals surface area contributed by atoms with E-state index in [-0.39, 0.29) is 5.41 Å². The number of fused-ring (bicyclic) bond motifs is 9. The molecule has 0 saturated heterocycles. The molecule has 0 bridgehead atoms. The van der Waals surface area contributed by atoms with Crippen LogP contribution in [-0.2, 0) is 5.41 Å². The van der Waals surface area contributed by atoms with Crippen molar-refractivity contribution < 1.29 is 4.42 Å². The fourth-order valence-corrected chi connectivity index (χ4v) is 7.92. The van der Waals surface area contributed by atoms with Crippen LogP contribution in [0.1, 0.15) is 25.0 Å². The van der Waals surface area contributed by atoms with Crippen LogP contribution in [0.25, 0.3) is 88.5 Å². The minimum absolute atomic E-state index is 0.102. The van der Waals surface area contributed by atoms with Crippen molar-refractivity contribution in [1.82, 2.24) is 9.97 Å². The SMILES string of the molecule is CC1(C)c2ccccc2-c2ccc(-c3nc(-c4cccc5c4oc4c6ccccc6c(-c6ccccc6)cc54)nc4ccccc34)cc21. The Morgan fingerprint density at radius 2 is 1.10 bits per heavy atom. The van der Waals surface area contributed by atoms with Crippen molar-refractivity contribution >= 4 is 43.6 Å². The van der Waals surface area contributed by atoms with E-state index in [0.29, 0.717) is 5.82 Å². The van der Waals surface area contributed by atoms with Crippen LogP contribution < -0.4 is 0 Å². The van der Waals surface area contributed by atoms with E-state index in [9.17, 15) is 0 Å². The van der Waals surface area contributed by atoms with Crippen LogP contribution in [0, 0.1) is 0 Å². The van der Waals surface area contributed by atoms with Gasteiger partial charge in [-0.05, 0) is 63.0 Å². The van der Waals surface area contributed by atoms with Crippen LogP contribution in [-0.4, -0.2) is 9.97 Å². The van der Waals surface area contributed by atoms with Crippen LogP contribution in [0.4, 0.5) is 0 Å². The van der Waals surface area contributed by atoms with E-state index < -0.39 is 0 Å². The second-order valence-electron chi connectivity index (χ2n) is 13.3. The summed E-state index contributed by atoms with van der Waals surface area (Å²) in [6.45, 7) is 4.64. The summed E-state index contributed by atoms with van der Waals surface area (Å²) in [5.41, 5.74) is 13.1. The molecule has 10 rings (SSSR count). The second-order valence-corrected chi connectivity index (χ2v) is 13.3. The summed E-state index contributed by atoms with van der Waals surface area (Å²) in [6, 6.07) is 51.6. The third-order valence-corrected chi connectivity index (χ3v) is 10.3. The third kappa shape index (κ3) is 3.82. The maximum absolute atomic E-state index is 6.84. The van der Waals surface area contributed by atoms with Gasteiger partial charge in [0.05, 0.1) is 16.8 Å². The van der Waals surface area contributed by atoms with Crippen LogP contribution in [0.5, 0.6) is 0 Å². The number of rotatable bonds is 3. The minimum atomic E-state index is -0.102. The molecule has 2 heterocycles. The first-order valence-electron chi connectivity index (χ1n) is 16.5. The summed E-state index contributed by atoms with van der Waals surface area (Å²) in [4.78, 5) is 10.5. The van der Waals surface area contributed by atoms with Crippen LogP contribution in [0.3, 0.4) is 0 Å². The molecule has 0 radical (unpaired) electrons. The van der Waals surface area contributed by atoms with E-state index in [4.69, 9.17) is 14.4 Å². The van der Waals surface area contributed by atoms with Gasteiger partial charge >= 0.3 is 0 Å². The number of para-hydroxylation sites is 2. The second kappa shape index (κ2) is 9.97. The number of hydrogen-bond acceptors (Lipinski definition) is 3. The van der Waals surface area contributed by atoms with E-state index >= 15 is 0 Å². The smallest absolute Gasteiger partial charge is 0.164 e. The first-order valence-corrected chi connectivity index (χ1v) is 16.5. The highest BCUT2D eigenvalue weighted by molar-refractivity contribution is 6.20. The van der Waals surface area contributed by atoms with Gasteiger partial charge < -0.3 is 4.42 Å². The fourth-order valence-electron chi connectivity index (χ4n) is 7.92. The summed E-state index contributed by atoms with van der Waals surface area (Å²) in [6.07, 6.45) is 0. The molecule has 3 heteroatoms. The molecule has 0 unspecified atom stereocenters. The lowest BCUT2D eigenvalue weighted by Gasteiger charge is -2.22. The summed E-state index contributed by atoms with van der Waals surface area (Å²) in [7, 11) is 0. The molecule has 226 valence electrons. The van der Waals surface area contributed by atoms with Gasteiger partial charge in [-0.3, -0.25) is 0 Å². The van der Waals surface area contributed by atoms with E-state index in [0.717, 1.165) is 55.0 Å². The summed E-state index contributed by atoms with van der Waals surface area (Å²) >= 11 is 0. The normalized spacial score (nSPS) is 13.4. The highest BCUT2D eigenvalue weighted by atomic mass is 16.3. The van der Waals surface area contributed by atoms with Crippen LogP contribution in [0.2, 0.25) is 0 Å². The van der Waals surface area contributed by atoms with Crippen molar-refractivity contribution in [3.05, 3.63) is 157 Å². The zero-order valence-electron chi connectivity index (χ0n) is 26.7. The average Bonchev–Trinajstić information content (AvgIpc) is 3.63. The van der Waals surface area contributed by atoms with E-state index in [1.54, 1.807) is 0 Å². The number of hydrogen-bond donors (Lipinski definition) is 0. The van der Waals surface area contributed by atoms with Gasteiger partial charge in [-0.25, -0.2) is 9.97 Å². The summed E-state index contributed by atoms with van der Waals surface area (Å²) < 4.78 is 6.84. The molecule has 0 amide bonds. The molecular formula is C45H30N2O. The molecule has 0 N–H and O–H groups in total. The lowest BCUT2D eigenvalue weighted by molar-refractivity contribution is 0.660. The number of nitrogens with zero attached hydrogens (tertiary/aromatic N) is 2. The Morgan fingerprint density at radius 3 is 1.98 bits per heavy atom. The topological polar surface area (TPSA) is 38.9 Å². The van der Waals surface area contributed by atoms with Gasteiger partial charge in [0.1, 0.15) is 11.2 Å². The van der Waals surface area contributed by atoms with Gasteiger partial charge in [-0.1, -0.05) is 135 Å². The lowest BCUT2D eigenvalue weighted by Crippen LogP contribution is -2.14. The Balaban J connectivity index is 1.21. The molecule has 3 nitrogen and oxygen atoms in total. The first kappa shape index (κ1) is 27.1. The van der Waals surface area contributed by atoms with Gasteiger partial charge in [-0.2, -0.15) is 0 Å². The zero-order valence-corrected chi connectivity index (χ0v) is 26.7. The van der Waals surface area contributed by atoms with Crippen molar-refractivity contribution in [3.63, 3.8) is 0 Å². The summed E-state index contributed by atoms with van der Waals surface area (Å²) in [5.74, 6) is 0.656. The molecule has 0 fully saturated rings. The quantitative estimate of drug-likeness (QED) is 0.199. The predicted octanol–water partition coefficient (Wildman–Crippen LogP) is 12.0. The monoisotopic (exact) mass is 614 g/mol. The molecule has 9 aromatic rings. The maximum atomic E-state index is 6.84. The van der Waals surface area contributed by atoms with E-state index in [1.165, 1.54) is 38.8 Å². The van der Waals surface area contributed by atoms with Crippen molar-refractivity contribution in [3.8, 4) is 44.9 Å². The Bertz CT molecular complexity index is 2750. The number of furan rings is 1. The Kier molecular flexibility index (Phi) is 5.63. The number of benzene rings is 7. The van der Waals surface area contributed by atoms with Crippen molar-refractivity contribution in [2.45, 2.75) is 19.3 Å². The largest absolute Gasteiger partial charge is 0.455 e.